The molecule has 0 saturated heterocycles. The summed E-state index contributed by atoms with van der Waals surface area (Å²) in [5, 5.41) is 0. The molecule has 0 atom stereocenters. The van der Waals surface area contributed by atoms with Crippen molar-refractivity contribution in [3.8, 4) is 0 Å². The van der Waals surface area contributed by atoms with Crippen molar-refractivity contribution in [1.29, 1.82) is 0 Å². The van der Waals surface area contributed by atoms with Crippen molar-refractivity contribution in [3.05, 3.63) is 75.9 Å². The first-order valence-electron chi connectivity index (χ1n) is 7.27. The molecule has 0 fully saturated rings. The van der Waals surface area contributed by atoms with Crippen LogP contribution in [-0.4, -0.2) is 51.0 Å². The van der Waals surface area contributed by atoms with Crippen LogP contribution in [0.25, 0.3) is 0 Å². The summed E-state index contributed by atoms with van der Waals surface area (Å²) in [5.74, 6) is 0. The zero-order valence-electron chi connectivity index (χ0n) is 13.6. The van der Waals surface area contributed by atoms with E-state index >= 15 is 0 Å². The maximum atomic E-state index is 3.89. The molecule has 0 bridgehead atoms. The van der Waals surface area contributed by atoms with Crippen LogP contribution < -0.4 is 0 Å². The standard InChI is InChI=1S/3C6H10N.Fe/c3*1-3-5-7-6-4-2;/h3*3-4H,1-2,5-6H2;/q3*-1;+3. The second-order valence-electron chi connectivity index (χ2n) is 4.38. The molecule has 0 amide bonds. The van der Waals surface area contributed by atoms with Crippen molar-refractivity contribution in [2.75, 3.05) is 39.3 Å². The average molecular weight is 344 g/mol. The van der Waals surface area contributed by atoms with Crippen LogP contribution in [-0.2, 0) is 14.6 Å². The molecule has 0 aromatic heterocycles. The van der Waals surface area contributed by atoms with Crippen molar-refractivity contribution in [1.82, 2.24) is 11.7 Å². The molecule has 22 heavy (non-hydrogen) atoms. The van der Waals surface area contributed by atoms with Gasteiger partial charge < -0.3 is 0 Å². The number of nitrogens with zero attached hydrogens (tertiary/aromatic N) is 3. The van der Waals surface area contributed by atoms with Crippen molar-refractivity contribution < 1.29 is 14.6 Å². The average Bonchev–Trinajstić information content (AvgIpc) is 2.49. The van der Waals surface area contributed by atoms with E-state index in [9.17, 15) is 0 Å². The van der Waals surface area contributed by atoms with E-state index < -0.39 is 14.6 Å². The minimum atomic E-state index is -0.938. The molecule has 4 heteroatoms. The molecule has 0 aliphatic carbocycles. The van der Waals surface area contributed by atoms with Crippen molar-refractivity contribution >= 4 is 0 Å². The van der Waals surface area contributed by atoms with Crippen molar-refractivity contribution in [2.45, 2.75) is 0 Å². The van der Waals surface area contributed by atoms with Crippen LogP contribution in [0.2, 0.25) is 0 Å². The van der Waals surface area contributed by atoms with Gasteiger partial charge in [-0.25, -0.2) is 0 Å². The molecule has 0 spiro atoms. The van der Waals surface area contributed by atoms with Crippen LogP contribution in [0.5, 0.6) is 0 Å². The summed E-state index contributed by atoms with van der Waals surface area (Å²) in [6.07, 6.45) is 11.6. The van der Waals surface area contributed by atoms with E-state index in [1.54, 1.807) is 0 Å². The second kappa shape index (κ2) is 13.5. The Hall–Kier alpha value is -1.16. The molecule has 0 aromatic rings. The Morgan fingerprint density at radius 3 is 0.773 bits per heavy atom. The molecular formula is C18H30FeN3. The zero-order chi connectivity index (χ0) is 16.8. The molecule has 0 aliphatic heterocycles. The predicted molar refractivity (Wildman–Crippen MR) is 95.9 cm³/mol. The van der Waals surface area contributed by atoms with Crippen molar-refractivity contribution in [3.63, 3.8) is 0 Å². The molecular weight excluding hydrogens is 314 g/mol. The molecule has 0 rings (SSSR count). The maximum absolute atomic E-state index is 3.89. The zero-order valence-corrected chi connectivity index (χ0v) is 14.7. The summed E-state index contributed by atoms with van der Waals surface area (Å²) < 4.78 is 7.17. The summed E-state index contributed by atoms with van der Waals surface area (Å²) in [7, 11) is 0. The molecule has 125 valence electrons. The van der Waals surface area contributed by atoms with Crippen LogP contribution in [0.4, 0.5) is 0 Å². The molecule has 0 saturated carbocycles. The quantitative estimate of drug-likeness (QED) is 0.333. The van der Waals surface area contributed by atoms with E-state index in [2.05, 4.69) is 51.2 Å². The van der Waals surface area contributed by atoms with Crippen LogP contribution in [0.15, 0.2) is 75.9 Å². The van der Waals surface area contributed by atoms with E-state index in [1.165, 1.54) is 0 Å². The number of rotatable bonds is 15. The van der Waals surface area contributed by atoms with E-state index in [-0.39, 0.29) is 0 Å². The summed E-state index contributed by atoms with van der Waals surface area (Å²) >= 11 is -0.938. The van der Waals surface area contributed by atoms with Gasteiger partial charge in [-0.1, -0.05) is 0 Å². The van der Waals surface area contributed by atoms with Crippen LogP contribution in [0.1, 0.15) is 0 Å². The minimum absolute atomic E-state index is 0.807. The van der Waals surface area contributed by atoms with Crippen molar-refractivity contribution in [2.24, 2.45) is 0 Å². The molecule has 3 nitrogen and oxygen atoms in total. The van der Waals surface area contributed by atoms with E-state index in [4.69, 9.17) is 0 Å². The third kappa shape index (κ3) is 7.21. The summed E-state index contributed by atoms with van der Waals surface area (Å²) in [6.45, 7) is 28.2. The van der Waals surface area contributed by atoms with E-state index in [0.717, 1.165) is 39.3 Å². The molecule has 0 aliphatic rings. The third-order valence-corrected chi connectivity index (χ3v) is 5.62. The monoisotopic (exact) mass is 344 g/mol. The third-order valence-electron chi connectivity index (χ3n) is 2.54. The van der Waals surface area contributed by atoms with Gasteiger partial charge in [0.2, 0.25) is 0 Å². The van der Waals surface area contributed by atoms with Crippen LogP contribution in [0.3, 0.4) is 0 Å². The molecule has 0 radical (unpaired) electrons. The Labute approximate surface area is 141 Å². The fourth-order valence-electron chi connectivity index (χ4n) is 1.82. The van der Waals surface area contributed by atoms with Gasteiger partial charge in [0.15, 0.2) is 0 Å². The molecule has 0 N–H and O–H groups in total. The van der Waals surface area contributed by atoms with Gasteiger partial charge in [0.05, 0.1) is 0 Å². The first-order chi connectivity index (χ1) is 10.7. The first kappa shape index (κ1) is 20.8. The van der Waals surface area contributed by atoms with Gasteiger partial charge in [0.1, 0.15) is 0 Å². The van der Waals surface area contributed by atoms with Gasteiger partial charge in [0.25, 0.3) is 0 Å². The Kier molecular flexibility index (Phi) is 12.8. The Balaban J connectivity index is 5.61. The Morgan fingerprint density at radius 1 is 0.455 bits per heavy atom. The van der Waals surface area contributed by atoms with E-state index in [0.29, 0.717) is 0 Å². The fourth-order valence-corrected chi connectivity index (χ4v) is 5.08. The summed E-state index contributed by atoms with van der Waals surface area (Å²) in [6, 6.07) is 0. The molecule has 0 aromatic carbocycles. The Morgan fingerprint density at radius 2 is 0.636 bits per heavy atom. The van der Waals surface area contributed by atoms with E-state index in [1.807, 2.05) is 36.5 Å². The van der Waals surface area contributed by atoms with Crippen LogP contribution in [0, 0.1) is 0 Å². The number of hydrogen-bond acceptors (Lipinski definition) is 3. The number of hydrogen-bond donors (Lipinski definition) is 0. The summed E-state index contributed by atoms with van der Waals surface area (Å²) in [5.41, 5.74) is 0. The van der Waals surface area contributed by atoms with Gasteiger partial charge in [-0.2, -0.15) is 0 Å². The summed E-state index contributed by atoms with van der Waals surface area (Å²) in [4.78, 5) is 0. The SMILES string of the molecule is C=CC[N](CC=C)[Fe]([N](CC=C)CC=C)[N](CC=C)CC=C. The normalized spacial score (nSPS) is 11.3. The van der Waals surface area contributed by atoms with Crippen LogP contribution >= 0.6 is 0 Å². The topological polar surface area (TPSA) is 9.72 Å². The second-order valence-corrected chi connectivity index (χ2v) is 7.14. The van der Waals surface area contributed by atoms with Gasteiger partial charge in [-0.05, 0) is 0 Å². The van der Waals surface area contributed by atoms with Gasteiger partial charge in [0, 0.05) is 0 Å². The van der Waals surface area contributed by atoms with Gasteiger partial charge >= 0.3 is 142 Å². The molecule has 0 heterocycles. The van der Waals surface area contributed by atoms with Gasteiger partial charge in [-0.3, -0.25) is 0 Å². The predicted octanol–water partition coefficient (Wildman–Crippen LogP) is 3.37. The fraction of sp³-hybridized carbons (Fsp3) is 0.333. The van der Waals surface area contributed by atoms with Gasteiger partial charge in [-0.15, -0.1) is 0 Å². The Bertz CT molecular complexity index is 291. The molecule has 0 unspecified atom stereocenters. The first-order valence-corrected chi connectivity index (χ1v) is 8.75.